The number of hydrogen-bond acceptors (Lipinski definition) is 2. The maximum absolute atomic E-state index is 12.2. The molecule has 0 amide bonds. The van der Waals surface area contributed by atoms with E-state index in [1.165, 1.54) is 83.5 Å². The van der Waals surface area contributed by atoms with E-state index in [1.54, 1.807) is 0 Å². The second-order valence-electron chi connectivity index (χ2n) is 10.2. The summed E-state index contributed by atoms with van der Waals surface area (Å²) in [4.78, 5) is 0. The number of epoxide rings is 1. The van der Waals surface area contributed by atoms with Crippen molar-refractivity contribution in [2.24, 2.45) is 22.2 Å². The second kappa shape index (κ2) is 4.18. The fourth-order valence-corrected chi connectivity index (χ4v) is 9.08. The lowest BCUT2D eigenvalue weighted by Gasteiger charge is -2.66. The molecule has 5 aliphatic carbocycles. The lowest BCUT2D eigenvalue weighted by atomic mass is 9.40. The SMILES string of the molecule is O[C@@]1([C@@H]2[C@H]3OC3CC23CCCC3)CC[C@@]12CCCC21CCCC1. The molecule has 6 aliphatic rings. The molecule has 1 aliphatic heterocycles. The molecule has 3 spiro atoms. The van der Waals surface area contributed by atoms with Gasteiger partial charge in [0.05, 0.1) is 17.8 Å². The van der Waals surface area contributed by atoms with Crippen LogP contribution in [0.3, 0.4) is 0 Å². The van der Waals surface area contributed by atoms with Gasteiger partial charge in [-0.25, -0.2) is 0 Å². The molecule has 6 fully saturated rings. The van der Waals surface area contributed by atoms with Crippen LogP contribution in [0.1, 0.15) is 89.9 Å². The third kappa shape index (κ3) is 1.43. The normalized spacial score (nSPS) is 54.9. The molecule has 1 heterocycles. The zero-order valence-electron chi connectivity index (χ0n) is 14.5. The van der Waals surface area contributed by atoms with E-state index in [-0.39, 0.29) is 11.0 Å². The molecule has 0 radical (unpaired) electrons. The van der Waals surface area contributed by atoms with E-state index in [0.29, 0.717) is 29.0 Å². The van der Waals surface area contributed by atoms with Crippen LogP contribution in [-0.2, 0) is 4.74 Å². The van der Waals surface area contributed by atoms with Gasteiger partial charge in [-0.3, -0.25) is 0 Å². The highest BCUT2D eigenvalue weighted by atomic mass is 16.6. The molecule has 0 aromatic carbocycles. The van der Waals surface area contributed by atoms with Crippen LogP contribution >= 0.6 is 0 Å². The van der Waals surface area contributed by atoms with Gasteiger partial charge in [0, 0.05) is 11.3 Å². The molecule has 2 nitrogen and oxygen atoms in total. The Morgan fingerprint density at radius 1 is 0.739 bits per heavy atom. The minimum absolute atomic E-state index is 0.275. The first-order chi connectivity index (χ1) is 11.2. The smallest absolute Gasteiger partial charge is 0.0903 e. The fraction of sp³-hybridized carbons (Fsp3) is 1.00. The van der Waals surface area contributed by atoms with E-state index < -0.39 is 0 Å². The average molecular weight is 316 g/mol. The van der Waals surface area contributed by atoms with Crippen LogP contribution in [0.25, 0.3) is 0 Å². The zero-order chi connectivity index (χ0) is 15.3. The highest BCUT2D eigenvalue weighted by Gasteiger charge is 2.78. The molecular weight excluding hydrogens is 284 g/mol. The Bertz CT molecular complexity index is 524. The molecule has 0 bridgehead atoms. The second-order valence-corrected chi connectivity index (χ2v) is 10.2. The predicted octanol–water partition coefficient (Wildman–Crippen LogP) is 4.59. The Morgan fingerprint density at radius 2 is 1.43 bits per heavy atom. The summed E-state index contributed by atoms with van der Waals surface area (Å²) in [6.07, 6.45) is 19.9. The molecule has 0 aromatic heterocycles. The van der Waals surface area contributed by atoms with Gasteiger partial charge in [-0.15, -0.1) is 0 Å². The summed E-state index contributed by atoms with van der Waals surface area (Å²) in [5, 5.41) is 12.2. The van der Waals surface area contributed by atoms with Gasteiger partial charge in [0.1, 0.15) is 0 Å². The summed E-state index contributed by atoms with van der Waals surface area (Å²) in [6.45, 7) is 0. The third-order valence-electron chi connectivity index (χ3n) is 9.93. The minimum Gasteiger partial charge on any atom is -0.389 e. The van der Waals surface area contributed by atoms with Crippen molar-refractivity contribution in [1.82, 2.24) is 0 Å². The highest BCUT2D eigenvalue weighted by Crippen LogP contribution is 2.78. The molecule has 1 unspecified atom stereocenters. The summed E-state index contributed by atoms with van der Waals surface area (Å²) >= 11 is 0. The van der Waals surface area contributed by atoms with Gasteiger partial charge in [-0.05, 0) is 68.6 Å². The van der Waals surface area contributed by atoms with Crippen LogP contribution in [0.5, 0.6) is 0 Å². The lowest BCUT2D eigenvalue weighted by molar-refractivity contribution is -0.266. The molecule has 1 N–H and O–H groups in total. The third-order valence-corrected chi connectivity index (χ3v) is 9.93. The molecule has 5 atom stereocenters. The van der Waals surface area contributed by atoms with Gasteiger partial charge in [0.15, 0.2) is 0 Å². The Morgan fingerprint density at radius 3 is 2.13 bits per heavy atom. The molecular formula is C21H32O2. The molecule has 128 valence electrons. The van der Waals surface area contributed by atoms with Crippen LogP contribution in [0.4, 0.5) is 0 Å². The van der Waals surface area contributed by atoms with Gasteiger partial charge in [-0.2, -0.15) is 0 Å². The molecule has 2 heteroatoms. The Hall–Kier alpha value is -0.0800. The van der Waals surface area contributed by atoms with E-state index >= 15 is 0 Å². The monoisotopic (exact) mass is 316 g/mol. The van der Waals surface area contributed by atoms with Crippen molar-refractivity contribution < 1.29 is 9.84 Å². The summed E-state index contributed by atoms with van der Waals surface area (Å²) in [5.41, 5.74) is 0.858. The number of ether oxygens (including phenoxy) is 1. The first kappa shape index (κ1) is 14.1. The summed E-state index contributed by atoms with van der Waals surface area (Å²) in [6, 6.07) is 0. The predicted molar refractivity (Wildman–Crippen MR) is 89.0 cm³/mol. The topological polar surface area (TPSA) is 32.8 Å². The largest absolute Gasteiger partial charge is 0.389 e. The van der Waals surface area contributed by atoms with Crippen molar-refractivity contribution in [2.75, 3.05) is 0 Å². The average Bonchev–Trinajstić information content (AvgIpc) is 3.05. The number of hydrogen-bond donors (Lipinski definition) is 1. The van der Waals surface area contributed by atoms with E-state index in [9.17, 15) is 5.11 Å². The molecule has 0 aromatic rings. The van der Waals surface area contributed by atoms with E-state index in [1.807, 2.05) is 0 Å². The van der Waals surface area contributed by atoms with Crippen molar-refractivity contribution in [2.45, 2.75) is 108 Å². The van der Waals surface area contributed by atoms with Crippen molar-refractivity contribution in [1.29, 1.82) is 0 Å². The van der Waals surface area contributed by atoms with Crippen molar-refractivity contribution in [3.05, 3.63) is 0 Å². The first-order valence-electron chi connectivity index (χ1n) is 10.5. The van der Waals surface area contributed by atoms with Gasteiger partial charge in [-0.1, -0.05) is 32.1 Å². The first-order valence-corrected chi connectivity index (χ1v) is 10.5. The Labute approximate surface area is 140 Å². The maximum Gasteiger partial charge on any atom is 0.0903 e. The quantitative estimate of drug-likeness (QED) is 0.718. The van der Waals surface area contributed by atoms with Crippen LogP contribution < -0.4 is 0 Å². The molecule has 5 saturated carbocycles. The van der Waals surface area contributed by atoms with Crippen molar-refractivity contribution in [3.63, 3.8) is 0 Å². The summed E-state index contributed by atoms with van der Waals surface area (Å²) < 4.78 is 6.07. The van der Waals surface area contributed by atoms with E-state index in [4.69, 9.17) is 4.74 Å². The van der Waals surface area contributed by atoms with Gasteiger partial charge >= 0.3 is 0 Å². The highest BCUT2D eigenvalue weighted by molar-refractivity contribution is 5.28. The lowest BCUT2D eigenvalue weighted by Crippen LogP contribution is -2.68. The zero-order valence-corrected chi connectivity index (χ0v) is 14.5. The summed E-state index contributed by atoms with van der Waals surface area (Å²) in [7, 11) is 0. The van der Waals surface area contributed by atoms with Crippen molar-refractivity contribution in [3.8, 4) is 0 Å². The number of fused-ring (bicyclic) bond motifs is 2. The summed E-state index contributed by atoms with van der Waals surface area (Å²) in [5.74, 6) is 0.479. The molecule has 6 rings (SSSR count). The van der Waals surface area contributed by atoms with Crippen LogP contribution in [0, 0.1) is 22.2 Å². The molecule has 1 saturated heterocycles. The van der Waals surface area contributed by atoms with Gasteiger partial charge in [0.25, 0.3) is 0 Å². The van der Waals surface area contributed by atoms with Crippen LogP contribution in [0.15, 0.2) is 0 Å². The number of aliphatic hydroxyl groups is 1. The van der Waals surface area contributed by atoms with Crippen molar-refractivity contribution >= 4 is 0 Å². The Kier molecular flexibility index (Phi) is 2.57. The standard InChI is InChI=1S/C21H32O2/c22-21(17-16-15(23-16)14-18(17)6-1-2-7-18)13-12-20(21)11-5-10-19(20)8-3-4-9-19/h15-17,22H,1-14H2/t15?,16-,17+,20+,21+/m0/s1. The minimum atomic E-state index is -0.381. The van der Waals surface area contributed by atoms with Crippen LogP contribution in [-0.4, -0.2) is 22.9 Å². The van der Waals surface area contributed by atoms with Gasteiger partial charge < -0.3 is 9.84 Å². The van der Waals surface area contributed by atoms with Gasteiger partial charge in [0.2, 0.25) is 0 Å². The van der Waals surface area contributed by atoms with Crippen LogP contribution in [0.2, 0.25) is 0 Å². The molecule has 23 heavy (non-hydrogen) atoms. The maximum atomic E-state index is 12.2. The Balaban J connectivity index is 1.43. The van der Waals surface area contributed by atoms with E-state index in [0.717, 1.165) is 6.42 Å². The van der Waals surface area contributed by atoms with E-state index in [2.05, 4.69) is 0 Å². The number of rotatable bonds is 1. The fourth-order valence-electron chi connectivity index (χ4n) is 9.08.